The minimum atomic E-state index is -0.895. The van der Waals surface area contributed by atoms with Crippen LogP contribution in [0.25, 0.3) is 5.69 Å². The lowest BCUT2D eigenvalue weighted by atomic mass is 10.0. The van der Waals surface area contributed by atoms with Gasteiger partial charge in [0.1, 0.15) is 0 Å². The van der Waals surface area contributed by atoms with Crippen molar-refractivity contribution in [3.8, 4) is 5.69 Å². The highest BCUT2D eigenvalue weighted by Crippen LogP contribution is 2.16. The fourth-order valence-electron chi connectivity index (χ4n) is 1.60. The maximum absolute atomic E-state index is 10.5. The number of nitrogens with zero attached hydrogens (tertiary/aromatic N) is 2. The third-order valence-corrected chi connectivity index (χ3v) is 2.48. The van der Waals surface area contributed by atoms with Crippen molar-refractivity contribution in [2.45, 2.75) is 12.5 Å². The van der Waals surface area contributed by atoms with E-state index >= 15 is 0 Å². The highest BCUT2D eigenvalue weighted by Gasteiger charge is 2.10. The Morgan fingerprint density at radius 3 is 2.65 bits per heavy atom. The predicted octanol–water partition coefficient (Wildman–Crippen LogP) is 1.35. The average Bonchev–Trinajstić information content (AvgIpc) is 2.82. The number of aromatic nitrogens is 2. The van der Waals surface area contributed by atoms with Crippen molar-refractivity contribution in [3.63, 3.8) is 0 Å². The van der Waals surface area contributed by atoms with Crippen LogP contribution in [0, 0.1) is 0 Å². The van der Waals surface area contributed by atoms with E-state index in [1.807, 2.05) is 36.5 Å². The van der Waals surface area contributed by atoms with Gasteiger partial charge in [0.2, 0.25) is 0 Å². The van der Waals surface area contributed by atoms with Gasteiger partial charge >= 0.3 is 5.97 Å². The highest BCUT2D eigenvalue weighted by molar-refractivity contribution is 5.67. The summed E-state index contributed by atoms with van der Waals surface area (Å²) in [5.41, 5.74) is 7.49. The third kappa shape index (κ3) is 2.70. The molecule has 1 atom stereocenters. The minimum absolute atomic E-state index is 0.0683. The summed E-state index contributed by atoms with van der Waals surface area (Å²) < 4.78 is 1.73. The van der Waals surface area contributed by atoms with E-state index in [2.05, 4.69) is 5.10 Å². The molecule has 5 nitrogen and oxygen atoms in total. The smallest absolute Gasteiger partial charge is 0.305 e. The van der Waals surface area contributed by atoms with E-state index in [9.17, 15) is 4.79 Å². The van der Waals surface area contributed by atoms with Crippen LogP contribution in [-0.4, -0.2) is 20.9 Å². The molecular formula is C12H13N3O2. The molecule has 1 aromatic heterocycles. The molecular weight excluding hydrogens is 218 g/mol. The van der Waals surface area contributed by atoms with Crippen LogP contribution in [-0.2, 0) is 4.79 Å². The highest BCUT2D eigenvalue weighted by atomic mass is 16.4. The predicted molar refractivity (Wildman–Crippen MR) is 62.7 cm³/mol. The summed E-state index contributed by atoms with van der Waals surface area (Å²) in [5, 5.41) is 12.8. The SMILES string of the molecule is NC(CC(=O)O)c1ccc(-n2cccn2)cc1. The van der Waals surface area contributed by atoms with Gasteiger partial charge in [0.25, 0.3) is 0 Å². The number of carboxylic acids is 1. The monoisotopic (exact) mass is 231 g/mol. The molecule has 17 heavy (non-hydrogen) atoms. The Morgan fingerprint density at radius 1 is 1.41 bits per heavy atom. The summed E-state index contributed by atoms with van der Waals surface area (Å²) in [6.07, 6.45) is 3.47. The summed E-state index contributed by atoms with van der Waals surface area (Å²) in [6, 6.07) is 8.74. The largest absolute Gasteiger partial charge is 0.481 e. The number of aliphatic carboxylic acids is 1. The Morgan fingerprint density at radius 2 is 2.12 bits per heavy atom. The molecule has 5 heteroatoms. The van der Waals surface area contributed by atoms with Gasteiger partial charge in [-0.3, -0.25) is 4.79 Å². The van der Waals surface area contributed by atoms with Gasteiger partial charge in [-0.1, -0.05) is 12.1 Å². The zero-order valence-corrected chi connectivity index (χ0v) is 9.15. The molecule has 1 unspecified atom stereocenters. The first-order valence-electron chi connectivity index (χ1n) is 5.24. The number of hydrogen-bond donors (Lipinski definition) is 2. The van der Waals surface area contributed by atoms with Crippen LogP contribution < -0.4 is 5.73 Å². The number of carboxylic acid groups (broad SMARTS) is 1. The summed E-state index contributed by atoms with van der Waals surface area (Å²) in [7, 11) is 0. The van der Waals surface area contributed by atoms with E-state index in [4.69, 9.17) is 10.8 Å². The number of hydrogen-bond acceptors (Lipinski definition) is 3. The molecule has 0 bridgehead atoms. The first-order chi connectivity index (χ1) is 8.16. The van der Waals surface area contributed by atoms with Crippen LogP contribution >= 0.6 is 0 Å². The molecule has 0 aliphatic carbocycles. The van der Waals surface area contributed by atoms with E-state index < -0.39 is 12.0 Å². The molecule has 0 spiro atoms. The van der Waals surface area contributed by atoms with Crippen molar-refractivity contribution in [1.82, 2.24) is 9.78 Å². The molecule has 0 aliphatic heterocycles. The van der Waals surface area contributed by atoms with Gasteiger partial charge in [0, 0.05) is 18.4 Å². The Hall–Kier alpha value is -2.14. The van der Waals surface area contributed by atoms with Gasteiger partial charge in [-0.15, -0.1) is 0 Å². The van der Waals surface area contributed by atoms with Gasteiger partial charge in [0.15, 0.2) is 0 Å². The van der Waals surface area contributed by atoms with Crippen molar-refractivity contribution < 1.29 is 9.90 Å². The zero-order chi connectivity index (χ0) is 12.3. The number of rotatable bonds is 4. The Bertz CT molecular complexity index is 491. The van der Waals surface area contributed by atoms with E-state index in [0.717, 1.165) is 11.3 Å². The fourth-order valence-corrected chi connectivity index (χ4v) is 1.60. The van der Waals surface area contributed by atoms with Gasteiger partial charge in [-0.05, 0) is 23.8 Å². The maximum Gasteiger partial charge on any atom is 0.305 e. The number of benzene rings is 1. The summed E-state index contributed by atoms with van der Waals surface area (Å²) in [5.74, 6) is -0.895. The molecule has 88 valence electrons. The van der Waals surface area contributed by atoms with Crippen LogP contribution in [0.1, 0.15) is 18.0 Å². The molecule has 0 aliphatic rings. The lowest BCUT2D eigenvalue weighted by Crippen LogP contribution is -2.14. The van der Waals surface area contributed by atoms with Gasteiger partial charge in [0.05, 0.1) is 12.1 Å². The molecule has 2 rings (SSSR count). The van der Waals surface area contributed by atoms with Crippen LogP contribution in [0.2, 0.25) is 0 Å². The van der Waals surface area contributed by atoms with Crippen molar-refractivity contribution in [2.75, 3.05) is 0 Å². The van der Waals surface area contributed by atoms with Crippen LogP contribution in [0.5, 0.6) is 0 Å². The first-order valence-corrected chi connectivity index (χ1v) is 5.24. The third-order valence-electron chi connectivity index (χ3n) is 2.48. The van der Waals surface area contributed by atoms with E-state index in [1.165, 1.54) is 0 Å². The van der Waals surface area contributed by atoms with Gasteiger partial charge in [-0.2, -0.15) is 5.10 Å². The summed E-state index contributed by atoms with van der Waals surface area (Å²) in [6.45, 7) is 0. The van der Waals surface area contributed by atoms with Gasteiger partial charge in [-0.25, -0.2) is 4.68 Å². The Kier molecular flexibility index (Phi) is 3.20. The van der Waals surface area contributed by atoms with Crippen molar-refractivity contribution >= 4 is 5.97 Å². The lowest BCUT2D eigenvalue weighted by molar-refractivity contribution is -0.137. The normalized spacial score (nSPS) is 12.3. The average molecular weight is 231 g/mol. The second-order valence-electron chi connectivity index (χ2n) is 3.75. The molecule has 1 heterocycles. The second kappa shape index (κ2) is 4.80. The van der Waals surface area contributed by atoms with Crippen LogP contribution in [0.4, 0.5) is 0 Å². The van der Waals surface area contributed by atoms with E-state index in [0.29, 0.717) is 0 Å². The Balaban J connectivity index is 2.15. The standard InChI is InChI=1S/C12H13N3O2/c13-11(8-12(16)17)9-2-4-10(5-3-9)15-7-1-6-14-15/h1-7,11H,8,13H2,(H,16,17). The Labute approximate surface area is 98.5 Å². The van der Waals surface area contributed by atoms with E-state index in [-0.39, 0.29) is 6.42 Å². The van der Waals surface area contributed by atoms with Crippen molar-refractivity contribution in [2.24, 2.45) is 5.73 Å². The fraction of sp³-hybridized carbons (Fsp3) is 0.167. The molecule has 0 saturated carbocycles. The molecule has 0 fully saturated rings. The van der Waals surface area contributed by atoms with Crippen molar-refractivity contribution in [3.05, 3.63) is 48.3 Å². The molecule has 0 amide bonds. The minimum Gasteiger partial charge on any atom is -0.481 e. The second-order valence-corrected chi connectivity index (χ2v) is 3.75. The summed E-state index contributed by atoms with van der Waals surface area (Å²) in [4.78, 5) is 10.5. The molecule has 1 aromatic carbocycles. The van der Waals surface area contributed by atoms with Gasteiger partial charge < -0.3 is 10.8 Å². The number of nitrogens with two attached hydrogens (primary N) is 1. The molecule has 0 radical (unpaired) electrons. The topological polar surface area (TPSA) is 81.1 Å². The molecule has 3 N–H and O–H groups in total. The summed E-state index contributed by atoms with van der Waals surface area (Å²) >= 11 is 0. The lowest BCUT2D eigenvalue weighted by Gasteiger charge is -2.10. The van der Waals surface area contributed by atoms with Crippen LogP contribution in [0.15, 0.2) is 42.7 Å². The zero-order valence-electron chi connectivity index (χ0n) is 9.15. The maximum atomic E-state index is 10.5. The molecule has 0 saturated heterocycles. The number of carbonyl (C=O) groups is 1. The van der Waals surface area contributed by atoms with Crippen molar-refractivity contribution in [1.29, 1.82) is 0 Å². The quantitative estimate of drug-likeness (QED) is 0.832. The van der Waals surface area contributed by atoms with Crippen LogP contribution in [0.3, 0.4) is 0 Å². The van der Waals surface area contributed by atoms with E-state index in [1.54, 1.807) is 10.9 Å². The first kappa shape index (κ1) is 11.3. The molecule has 2 aromatic rings.